The molecule has 0 saturated heterocycles. The minimum absolute atomic E-state index is 0.00833. The zero-order valence-electron chi connectivity index (χ0n) is 13.0. The average molecular weight is 292 g/mol. The standard InChI is InChI=1S/C15H24N4O2/c1-10-7-11(13(16)19-21)5-6-12(10)8-18-9-15(2,3)14(20)17-4/h5-7,18,21H,8-9H2,1-4H3,(H2,16,19)(H,17,20). The molecule has 116 valence electrons. The van der Waals surface area contributed by atoms with Crippen LogP contribution in [0.1, 0.15) is 30.5 Å². The van der Waals surface area contributed by atoms with Crippen LogP contribution in [0.3, 0.4) is 0 Å². The zero-order chi connectivity index (χ0) is 16.0. The van der Waals surface area contributed by atoms with Crippen LogP contribution in [-0.4, -0.2) is 30.5 Å². The Morgan fingerprint density at radius 3 is 2.62 bits per heavy atom. The van der Waals surface area contributed by atoms with E-state index < -0.39 is 5.41 Å². The Balaban J connectivity index is 2.67. The van der Waals surface area contributed by atoms with Gasteiger partial charge in [-0.25, -0.2) is 0 Å². The number of benzene rings is 1. The fourth-order valence-electron chi connectivity index (χ4n) is 2.04. The fourth-order valence-corrected chi connectivity index (χ4v) is 2.04. The van der Waals surface area contributed by atoms with Crippen LogP contribution in [0.4, 0.5) is 0 Å². The highest BCUT2D eigenvalue weighted by molar-refractivity contribution is 5.97. The monoisotopic (exact) mass is 292 g/mol. The van der Waals surface area contributed by atoms with Crippen molar-refractivity contribution in [1.29, 1.82) is 0 Å². The number of oxime groups is 1. The second-order valence-electron chi connectivity index (χ2n) is 5.69. The lowest BCUT2D eigenvalue weighted by molar-refractivity contribution is -0.128. The van der Waals surface area contributed by atoms with Gasteiger partial charge in [-0.3, -0.25) is 4.79 Å². The molecule has 1 aromatic carbocycles. The van der Waals surface area contributed by atoms with E-state index in [2.05, 4.69) is 15.8 Å². The zero-order valence-corrected chi connectivity index (χ0v) is 13.0. The molecule has 21 heavy (non-hydrogen) atoms. The topological polar surface area (TPSA) is 99.7 Å². The van der Waals surface area contributed by atoms with Crippen molar-refractivity contribution in [3.05, 3.63) is 34.9 Å². The van der Waals surface area contributed by atoms with Crippen molar-refractivity contribution >= 4 is 11.7 Å². The summed E-state index contributed by atoms with van der Waals surface area (Å²) in [5, 5.41) is 17.6. The van der Waals surface area contributed by atoms with Crippen LogP contribution in [0.2, 0.25) is 0 Å². The molecule has 0 heterocycles. The Labute approximate surface area is 125 Å². The van der Waals surface area contributed by atoms with Crippen LogP contribution in [-0.2, 0) is 11.3 Å². The fraction of sp³-hybridized carbons (Fsp3) is 0.467. The van der Waals surface area contributed by atoms with Gasteiger partial charge in [0.05, 0.1) is 5.41 Å². The molecule has 5 N–H and O–H groups in total. The SMILES string of the molecule is CNC(=O)C(C)(C)CNCc1ccc(/C(N)=N/O)cc1C. The number of amides is 1. The Morgan fingerprint density at radius 2 is 2.10 bits per heavy atom. The van der Waals surface area contributed by atoms with E-state index in [9.17, 15) is 4.79 Å². The number of hydrogen-bond acceptors (Lipinski definition) is 4. The molecule has 1 amide bonds. The van der Waals surface area contributed by atoms with Gasteiger partial charge in [-0.05, 0) is 38.0 Å². The van der Waals surface area contributed by atoms with Crippen LogP contribution in [0.15, 0.2) is 23.4 Å². The van der Waals surface area contributed by atoms with Crippen LogP contribution in [0, 0.1) is 12.3 Å². The number of aryl methyl sites for hydroxylation is 1. The summed E-state index contributed by atoms with van der Waals surface area (Å²) in [5.41, 5.74) is 7.94. The number of carbonyl (C=O) groups is 1. The van der Waals surface area contributed by atoms with E-state index in [1.807, 2.05) is 39.0 Å². The molecule has 0 saturated carbocycles. The third-order valence-electron chi connectivity index (χ3n) is 3.47. The number of nitrogens with zero attached hydrogens (tertiary/aromatic N) is 1. The maximum Gasteiger partial charge on any atom is 0.226 e. The molecule has 0 aliphatic heterocycles. The first-order chi connectivity index (χ1) is 9.81. The Bertz CT molecular complexity index is 538. The average Bonchev–Trinajstić information content (AvgIpc) is 2.46. The maximum absolute atomic E-state index is 11.7. The number of nitrogens with two attached hydrogens (primary N) is 1. The minimum Gasteiger partial charge on any atom is -0.409 e. The second kappa shape index (κ2) is 7.08. The lowest BCUT2D eigenvalue weighted by Gasteiger charge is -2.23. The lowest BCUT2D eigenvalue weighted by Crippen LogP contribution is -2.41. The number of rotatable bonds is 6. The van der Waals surface area contributed by atoms with Gasteiger partial charge in [0.1, 0.15) is 0 Å². The quantitative estimate of drug-likeness (QED) is 0.271. The Morgan fingerprint density at radius 1 is 1.43 bits per heavy atom. The van der Waals surface area contributed by atoms with Gasteiger partial charge in [0, 0.05) is 25.7 Å². The largest absolute Gasteiger partial charge is 0.409 e. The summed E-state index contributed by atoms with van der Waals surface area (Å²) in [6.45, 7) is 6.99. The molecule has 0 radical (unpaired) electrons. The third-order valence-corrected chi connectivity index (χ3v) is 3.47. The molecule has 0 unspecified atom stereocenters. The van der Waals surface area contributed by atoms with Gasteiger partial charge in [0.2, 0.25) is 5.91 Å². The molecule has 0 bridgehead atoms. The van der Waals surface area contributed by atoms with Crippen molar-refractivity contribution in [2.24, 2.45) is 16.3 Å². The molecule has 6 nitrogen and oxygen atoms in total. The molecule has 1 rings (SSSR count). The molecule has 0 atom stereocenters. The van der Waals surface area contributed by atoms with Gasteiger partial charge in [0.15, 0.2) is 5.84 Å². The summed E-state index contributed by atoms with van der Waals surface area (Å²) in [6.07, 6.45) is 0. The second-order valence-corrected chi connectivity index (χ2v) is 5.69. The van der Waals surface area contributed by atoms with Crippen molar-refractivity contribution in [3.8, 4) is 0 Å². The van der Waals surface area contributed by atoms with Crippen molar-refractivity contribution in [2.75, 3.05) is 13.6 Å². The highest BCUT2D eigenvalue weighted by Gasteiger charge is 2.25. The lowest BCUT2D eigenvalue weighted by atomic mass is 9.92. The van der Waals surface area contributed by atoms with Crippen molar-refractivity contribution in [1.82, 2.24) is 10.6 Å². The third kappa shape index (κ3) is 4.46. The molecule has 0 aliphatic rings. The van der Waals surface area contributed by atoms with Gasteiger partial charge in [0.25, 0.3) is 0 Å². The molecule has 0 spiro atoms. The molecular weight excluding hydrogens is 268 g/mol. The highest BCUT2D eigenvalue weighted by atomic mass is 16.4. The number of carbonyl (C=O) groups excluding carboxylic acids is 1. The summed E-state index contributed by atoms with van der Waals surface area (Å²) >= 11 is 0. The van der Waals surface area contributed by atoms with E-state index in [1.165, 1.54) is 0 Å². The van der Waals surface area contributed by atoms with Crippen molar-refractivity contribution < 1.29 is 10.0 Å². The van der Waals surface area contributed by atoms with E-state index in [0.717, 1.165) is 11.1 Å². The first-order valence-corrected chi connectivity index (χ1v) is 6.82. The summed E-state index contributed by atoms with van der Waals surface area (Å²) in [7, 11) is 1.64. The van der Waals surface area contributed by atoms with E-state index >= 15 is 0 Å². The first-order valence-electron chi connectivity index (χ1n) is 6.82. The van der Waals surface area contributed by atoms with E-state index in [0.29, 0.717) is 18.7 Å². The number of nitrogens with one attached hydrogen (secondary N) is 2. The van der Waals surface area contributed by atoms with E-state index in [4.69, 9.17) is 10.9 Å². The number of amidine groups is 1. The van der Waals surface area contributed by atoms with E-state index in [-0.39, 0.29) is 11.7 Å². The maximum atomic E-state index is 11.7. The van der Waals surface area contributed by atoms with Gasteiger partial charge < -0.3 is 21.6 Å². The summed E-state index contributed by atoms with van der Waals surface area (Å²) in [5.74, 6) is 0.104. The Hall–Kier alpha value is -2.08. The van der Waals surface area contributed by atoms with Gasteiger partial charge in [-0.1, -0.05) is 17.3 Å². The van der Waals surface area contributed by atoms with Crippen LogP contribution in [0.5, 0.6) is 0 Å². The molecule has 0 fully saturated rings. The van der Waals surface area contributed by atoms with Gasteiger partial charge in [-0.15, -0.1) is 0 Å². The van der Waals surface area contributed by atoms with Crippen LogP contribution >= 0.6 is 0 Å². The van der Waals surface area contributed by atoms with Crippen molar-refractivity contribution in [2.45, 2.75) is 27.3 Å². The molecule has 0 aromatic heterocycles. The summed E-state index contributed by atoms with van der Waals surface area (Å²) in [4.78, 5) is 11.7. The first kappa shape index (κ1) is 17.0. The van der Waals surface area contributed by atoms with E-state index in [1.54, 1.807) is 7.05 Å². The highest BCUT2D eigenvalue weighted by Crippen LogP contribution is 2.15. The predicted octanol–water partition coefficient (Wildman–Crippen LogP) is 0.951. The van der Waals surface area contributed by atoms with Gasteiger partial charge in [-0.2, -0.15) is 0 Å². The molecular formula is C15H24N4O2. The molecule has 6 heteroatoms. The van der Waals surface area contributed by atoms with Crippen LogP contribution in [0.25, 0.3) is 0 Å². The smallest absolute Gasteiger partial charge is 0.226 e. The molecule has 1 aromatic rings. The normalized spacial score (nSPS) is 12.3. The van der Waals surface area contributed by atoms with Crippen LogP contribution < -0.4 is 16.4 Å². The predicted molar refractivity (Wildman–Crippen MR) is 83.2 cm³/mol. The summed E-state index contributed by atoms with van der Waals surface area (Å²) < 4.78 is 0. The minimum atomic E-state index is -0.462. The summed E-state index contributed by atoms with van der Waals surface area (Å²) in [6, 6.07) is 5.61. The Kier molecular flexibility index (Phi) is 5.72. The van der Waals surface area contributed by atoms with Gasteiger partial charge >= 0.3 is 0 Å². The number of hydrogen-bond donors (Lipinski definition) is 4. The molecule has 0 aliphatic carbocycles. The van der Waals surface area contributed by atoms with Crippen molar-refractivity contribution in [3.63, 3.8) is 0 Å².